The summed E-state index contributed by atoms with van der Waals surface area (Å²) < 4.78 is 0. The quantitative estimate of drug-likeness (QED) is 0.658. The molecule has 0 aromatic heterocycles. The second-order valence-corrected chi connectivity index (χ2v) is 6.41. The Morgan fingerprint density at radius 1 is 1.38 bits per heavy atom. The van der Waals surface area contributed by atoms with E-state index in [0.29, 0.717) is 5.92 Å². The lowest BCUT2D eigenvalue weighted by Gasteiger charge is -2.34. The minimum Gasteiger partial charge on any atom is -0.327 e. The monoisotopic (exact) mass is 290 g/mol. The van der Waals surface area contributed by atoms with Gasteiger partial charge in [-0.3, -0.25) is 10.1 Å². The van der Waals surface area contributed by atoms with Gasteiger partial charge in [0.05, 0.1) is 4.92 Å². The standard InChI is InChI=1S/C17H26N2O2/c1-3-5-13-8-9-16(18)15(10-13)11-14-6-4-7-17(12(14)2)19(20)21/h4,6-7,13,15-16H,3,5,8-11,18H2,1-2H3. The number of nitro groups is 1. The van der Waals surface area contributed by atoms with E-state index in [9.17, 15) is 10.1 Å². The smallest absolute Gasteiger partial charge is 0.272 e. The maximum atomic E-state index is 11.0. The third-order valence-electron chi connectivity index (χ3n) is 4.94. The van der Waals surface area contributed by atoms with Crippen LogP contribution in [0.2, 0.25) is 0 Å². The van der Waals surface area contributed by atoms with Crippen LogP contribution in [0.5, 0.6) is 0 Å². The Kier molecular flexibility index (Phi) is 5.34. The molecular formula is C17H26N2O2. The first kappa shape index (κ1) is 16.0. The summed E-state index contributed by atoms with van der Waals surface area (Å²) in [6, 6.07) is 5.62. The van der Waals surface area contributed by atoms with Gasteiger partial charge in [-0.05, 0) is 50.0 Å². The van der Waals surface area contributed by atoms with Crippen molar-refractivity contribution in [1.29, 1.82) is 0 Å². The fraction of sp³-hybridized carbons (Fsp3) is 0.647. The third kappa shape index (κ3) is 3.82. The number of benzene rings is 1. The molecule has 1 aliphatic rings. The lowest BCUT2D eigenvalue weighted by atomic mass is 9.74. The number of nitrogens with zero attached hydrogens (tertiary/aromatic N) is 1. The molecule has 2 N–H and O–H groups in total. The van der Waals surface area contributed by atoms with Crippen LogP contribution in [0.25, 0.3) is 0 Å². The van der Waals surface area contributed by atoms with Crippen LogP contribution < -0.4 is 5.73 Å². The highest BCUT2D eigenvalue weighted by Crippen LogP contribution is 2.34. The topological polar surface area (TPSA) is 69.2 Å². The summed E-state index contributed by atoms with van der Waals surface area (Å²) in [6.45, 7) is 4.08. The summed E-state index contributed by atoms with van der Waals surface area (Å²) in [5.41, 5.74) is 8.41. The highest BCUT2D eigenvalue weighted by molar-refractivity contribution is 5.44. The molecule has 116 valence electrons. The van der Waals surface area contributed by atoms with E-state index in [2.05, 4.69) is 6.92 Å². The van der Waals surface area contributed by atoms with Crippen molar-refractivity contribution in [2.45, 2.75) is 58.4 Å². The summed E-state index contributed by atoms with van der Waals surface area (Å²) in [5.74, 6) is 1.23. The predicted molar refractivity (Wildman–Crippen MR) is 85.3 cm³/mol. The highest BCUT2D eigenvalue weighted by Gasteiger charge is 2.28. The first-order valence-corrected chi connectivity index (χ1v) is 8.01. The van der Waals surface area contributed by atoms with Crippen molar-refractivity contribution in [3.05, 3.63) is 39.4 Å². The molecule has 0 aliphatic heterocycles. The van der Waals surface area contributed by atoms with Crippen LogP contribution in [-0.2, 0) is 6.42 Å². The molecule has 3 atom stereocenters. The summed E-state index contributed by atoms with van der Waals surface area (Å²) >= 11 is 0. The van der Waals surface area contributed by atoms with Crippen molar-refractivity contribution in [2.24, 2.45) is 17.6 Å². The second-order valence-electron chi connectivity index (χ2n) is 6.41. The molecule has 21 heavy (non-hydrogen) atoms. The zero-order valence-corrected chi connectivity index (χ0v) is 13.0. The summed E-state index contributed by atoms with van der Waals surface area (Å²) in [4.78, 5) is 10.8. The molecule has 2 rings (SSSR count). The van der Waals surface area contributed by atoms with Gasteiger partial charge in [0, 0.05) is 17.7 Å². The highest BCUT2D eigenvalue weighted by atomic mass is 16.6. The Morgan fingerprint density at radius 2 is 2.14 bits per heavy atom. The Balaban J connectivity index is 2.13. The Morgan fingerprint density at radius 3 is 2.81 bits per heavy atom. The molecule has 0 spiro atoms. The first-order valence-electron chi connectivity index (χ1n) is 8.01. The minimum atomic E-state index is -0.292. The lowest BCUT2D eigenvalue weighted by molar-refractivity contribution is -0.385. The predicted octanol–water partition coefficient (Wildman–Crippen LogP) is 3.99. The molecule has 0 radical (unpaired) electrons. The molecule has 1 fully saturated rings. The van der Waals surface area contributed by atoms with Crippen molar-refractivity contribution in [2.75, 3.05) is 0 Å². The average molecular weight is 290 g/mol. The van der Waals surface area contributed by atoms with Crippen LogP contribution in [0.3, 0.4) is 0 Å². The molecular weight excluding hydrogens is 264 g/mol. The van der Waals surface area contributed by atoms with E-state index in [1.54, 1.807) is 12.1 Å². The zero-order valence-electron chi connectivity index (χ0n) is 13.0. The average Bonchev–Trinajstić information content (AvgIpc) is 2.44. The van der Waals surface area contributed by atoms with E-state index in [0.717, 1.165) is 36.3 Å². The van der Waals surface area contributed by atoms with Gasteiger partial charge in [-0.15, -0.1) is 0 Å². The molecule has 3 unspecified atom stereocenters. The van der Waals surface area contributed by atoms with E-state index in [4.69, 9.17) is 5.73 Å². The van der Waals surface area contributed by atoms with Gasteiger partial charge < -0.3 is 5.73 Å². The Labute approximate surface area is 126 Å². The minimum absolute atomic E-state index is 0.224. The van der Waals surface area contributed by atoms with Crippen molar-refractivity contribution in [1.82, 2.24) is 0 Å². The van der Waals surface area contributed by atoms with Crippen LogP contribution in [0.15, 0.2) is 18.2 Å². The molecule has 0 bridgehead atoms. The molecule has 1 aromatic carbocycles. The van der Waals surface area contributed by atoms with Crippen molar-refractivity contribution < 1.29 is 4.92 Å². The van der Waals surface area contributed by atoms with Gasteiger partial charge in [-0.2, -0.15) is 0 Å². The molecule has 0 amide bonds. The van der Waals surface area contributed by atoms with Gasteiger partial charge >= 0.3 is 0 Å². The molecule has 1 aliphatic carbocycles. The SMILES string of the molecule is CCCC1CCC(N)C(Cc2cccc([N+](=O)[O-])c2C)C1. The third-order valence-corrected chi connectivity index (χ3v) is 4.94. The largest absolute Gasteiger partial charge is 0.327 e. The summed E-state index contributed by atoms with van der Waals surface area (Å²) in [7, 11) is 0. The molecule has 0 heterocycles. The molecule has 1 saturated carbocycles. The maximum absolute atomic E-state index is 11.0. The van der Waals surface area contributed by atoms with Crippen molar-refractivity contribution >= 4 is 5.69 Å². The Bertz CT molecular complexity index is 502. The molecule has 4 nitrogen and oxygen atoms in total. The molecule has 4 heteroatoms. The van der Waals surface area contributed by atoms with E-state index in [-0.39, 0.29) is 16.7 Å². The van der Waals surface area contributed by atoms with Crippen LogP contribution >= 0.6 is 0 Å². The lowest BCUT2D eigenvalue weighted by Crippen LogP contribution is -2.37. The second kappa shape index (κ2) is 7.03. The number of nitro benzene ring substituents is 1. The fourth-order valence-corrected chi connectivity index (χ4v) is 3.66. The number of hydrogen-bond acceptors (Lipinski definition) is 3. The normalized spacial score (nSPS) is 25.8. The number of nitrogens with two attached hydrogens (primary N) is 1. The zero-order chi connectivity index (χ0) is 15.4. The van der Waals surface area contributed by atoms with Crippen molar-refractivity contribution in [3.8, 4) is 0 Å². The summed E-state index contributed by atoms with van der Waals surface area (Å²) in [5, 5.41) is 11.0. The van der Waals surface area contributed by atoms with Crippen LogP contribution in [-0.4, -0.2) is 11.0 Å². The Hall–Kier alpha value is -1.42. The van der Waals surface area contributed by atoms with E-state index in [1.807, 2.05) is 13.0 Å². The van der Waals surface area contributed by atoms with E-state index < -0.39 is 0 Å². The molecule has 0 saturated heterocycles. The van der Waals surface area contributed by atoms with Gasteiger partial charge in [0.2, 0.25) is 0 Å². The first-order chi connectivity index (χ1) is 10.0. The number of rotatable bonds is 5. The fourth-order valence-electron chi connectivity index (χ4n) is 3.66. The van der Waals surface area contributed by atoms with Gasteiger partial charge in [0.25, 0.3) is 5.69 Å². The van der Waals surface area contributed by atoms with E-state index >= 15 is 0 Å². The van der Waals surface area contributed by atoms with Crippen LogP contribution in [0.1, 0.15) is 50.2 Å². The van der Waals surface area contributed by atoms with Gasteiger partial charge in [0.1, 0.15) is 0 Å². The van der Waals surface area contributed by atoms with Crippen molar-refractivity contribution in [3.63, 3.8) is 0 Å². The maximum Gasteiger partial charge on any atom is 0.272 e. The van der Waals surface area contributed by atoms with E-state index in [1.165, 1.54) is 19.3 Å². The molecule has 1 aromatic rings. The van der Waals surface area contributed by atoms with Gasteiger partial charge in [-0.25, -0.2) is 0 Å². The van der Waals surface area contributed by atoms with Gasteiger partial charge in [0.15, 0.2) is 0 Å². The number of hydrogen-bond donors (Lipinski definition) is 1. The van der Waals surface area contributed by atoms with Gasteiger partial charge in [-0.1, -0.05) is 31.9 Å². The van der Waals surface area contributed by atoms with Crippen LogP contribution in [0, 0.1) is 28.9 Å². The van der Waals surface area contributed by atoms with Crippen LogP contribution in [0.4, 0.5) is 5.69 Å². The summed E-state index contributed by atoms with van der Waals surface area (Å²) in [6.07, 6.45) is 6.86.